The maximum absolute atomic E-state index is 11.4. The van der Waals surface area contributed by atoms with Gasteiger partial charge in [-0.05, 0) is 51.7 Å². The van der Waals surface area contributed by atoms with Crippen molar-refractivity contribution >= 4 is 5.91 Å². The van der Waals surface area contributed by atoms with Gasteiger partial charge in [-0.2, -0.15) is 0 Å². The fourth-order valence-electron chi connectivity index (χ4n) is 2.43. The van der Waals surface area contributed by atoms with Gasteiger partial charge in [0, 0.05) is 13.1 Å². The minimum atomic E-state index is 0.123. The first kappa shape index (κ1) is 14.5. The van der Waals surface area contributed by atoms with Crippen LogP contribution in [-0.2, 0) is 4.79 Å². The summed E-state index contributed by atoms with van der Waals surface area (Å²) >= 11 is 0. The first-order valence-electron chi connectivity index (χ1n) is 6.92. The lowest BCUT2D eigenvalue weighted by molar-refractivity contribution is -0.121. The molecule has 1 amide bonds. The number of amides is 1. The number of hydrogen-bond acceptors (Lipinski definition) is 3. The zero-order valence-electron chi connectivity index (χ0n) is 11.3. The number of carbonyl (C=O) groups excluding carboxylic acids is 1. The lowest BCUT2D eigenvalue weighted by Crippen LogP contribution is -2.37. The van der Waals surface area contributed by atoms with Gasteiger partial charge in [0.05, 0.1) is 6.54 Å². The average molecular weight is 241 g/mol. The highest BCUT2D eigenvalue weighted by atomic mass is 16.1. The molecule has 1 unspecified atom stereocenters. The van der Waals surface area contributed by atoms with Crippen LogP contribution in [0.2, 0.25) is 0 Å². The predicted octanol–water partition coefficient (Wildman–Crippen LogP) is 0.977. The van der Waals surface area contributed by atoms with Gasteiger partial charge in [0.15, 0.2) is 0 Å². The highest BCUT2D eigenvalue weighted by molar-refractivity contribution is 5.77. The third-order valence-corrected chi connectivity index (χ3v) is 3.38. The Kier molecular flexibility index (Phi) is 7.21. The Morgan fingerprint density at radius 2 is 2.29 bits per heavy atom. The molecular formula is C13H27N3O. The van der Waals surface area contributed by atoms with Crippen molar-refractivity contribution in [3.05, 3.63) is 0 Å². The fraction of sp³-hybridized carbons (Fsp3) is 0.923. The van der Waals surface area contributed by atoms with E-state index in [-0.39, 0.29) is 5.91 Å². The van der Waals surface area contributed by atoms with Gasteiger partial charge >= 0.3 is 0 Å². The number of hydrogen-bond donors (Lipinski definition) is 2. The third kappa shape index (κ3) is 6.03. The predicted molar refractivity (Wildman–Crippen MR) is 71.1 cm³/mol. The van der Waals surface area contributed by atoms with Crippen LogP contribution in [0.25, 0.3) is 0 Å². The van der Waals surface area contributed by atoms with Crippen LogP contribution in [-0.4, -0.2) is 50.1 Å². The lowest BCUT2D eigenvalue weighted by atomic mass is 10.1. The maximum Gasteiger partial charge on any atom is 0.233 e. The smallest absolute Gasteiger partial charge is 0.233 e. The van der Waals surface area contributed by atoms with Crippen molar-refractivity contribution in [1.82, 2.24) is 15.5 Å². The van der Waals surface area contributed by atoms with E-state index in [0.29, 0.717) is 6.54 Å². The normalized spacial score (nSPS) is 19.8. The second kappa shape index (κ2) is 8.48. The van der Waals surface area contributed by atoms with E-state index < -0.39 is 0 Å². The Hall–Kier alpha value is -0.610. The van der Waals surface area contributed by atoms with Crippen LogP contribution in [0, 0.1) is 0 Å². The van der Waals surface area contributed by atoms with E-state index in [1.165, 1.54) is 32.2 Å². The van der Waals surface area contributed by atoms with Crippen LogP contribution in [0.4, 0.5) is 0 Å². The number of likely N-dealkylation sites (N-methyl/N-ethyl adjacent to an activating group) is 1. The van der Waals surface area contributed by atoms with Gasteiger partial charge in [0.1, 0.15) is 0 Å². The molecular weight excluding hydrogens is 214 g/mol. The molecule has 1 heterocycles. The van der Waals surface area contributed by atoms with Crippen LogP contribution in [0.1, 0.15) is 39.0 Å². The van der Waals surface area contributed by atoms with Gasteiger partial charge in [-0.3, -0.25) is 9.69 Å². The fourth-order valence-corrected chi connectivity index (χ4v) is 2.43. The standard InChI is InChI=1S/C13H27N3O/c1-3-9-16(11-13(17)14-2)10-5-7-12-6-4-8-15-12/h12,15H,3-11H2,1-2H3,(H,14,17). The molecule has 1 aliphatic heterocycles. The summed E-state index contributed by atoms with van der Waals surface area (Å²) in [5.74, 6) is 0.123. The minimum absolute atomic E-state index is 0.123. The first-order valence-corrected chi connectivity index (χ1v) is 6.92. The van der Waals surface area contributed by atoms with E-state index >= 15 is 0 Å². The molecule has 100 valence electrons. The summed E-state index contributed by atoms with van der Waals surface area (Å²) in [6.45, 7) is 5.95. The van der Waals surface area contributed by atoms with Crippen LogP contribution in [0.5, 0.6) is 0 Å². The molecule has 0 spiro atoms. The van der Waals surface area contributed by atoms with Gasteiger partial charge in [0.25, 0.3) is 0 Å². The molecule has 1 saturated heterocycles. The topological polar surface area (TPSA) is 44.4 Å². The summed E-state index contributed by atoms with van der Waals surface area (Å²) < 4.78 is 0. The van der Waals surface area contributed by atoms with Crippen molar-refractivity contribution in [2.75, 3.05) is 33.2 Å². The Morgan fingerprint density at radius 3 is 2.88 bits per heavy atom. The second-order valence-electron chi connectivity index (χ2n) is 4.88. The molecule has 0 aliphatic carbocycles. The highest BCUT2D eigenvalue weighted by Gasteiger charge is 2.14. The molecule has 0 aromatic rings. The molecule has 0 radical (unpaired) electrons. The van der Waals surface area contributed by atoms with Crippen LogP contribution in [0.15, 0.2) is 0 Å². The highest BCUT2D eigenvalue weighted by Crippen LogP contribution is 2.11. The van der Waals surface area contributed by atoms with Crippen molar-refractivity contribution in [2.45, 2.75) is 45.1 Å². The average Bonchev–Trinajstić information content (AvgIpc) is 2.82. The van der Waals surface area contributed by atoms with E-state index in [0.717, 1.165) is 25.6 Å². The van der Waals surface area contributed by atoms with E-state index in [9.17, 15) is 4.79 Å². The zero-order valence-corrected chi connectivity index (χ0v) is 11.3. The van der Waals surface area contributed by atoms with Crippen molar-refractivity contribution in [1.29, 1.82) is 0 Å². The summed E-state index contributed by atoms with van der Waals surface area (Å²) in [6, 6.07) is 0.721. The van der Waals surface area contributed by atoms with Crippen LogP contribution >= 0.6 is 0 Å². The molecule has 0 aromatic carbocycles. The Morgan fingerprint density at radius 1 is 1.47 bits per heavy atom. The quantitative estimate of drug-likeness (QED) is 0.666. The van der Waals surface area contributed by atoms with Crippen LogP contribution in [0.3, 0.4) is 0 Å². The molecule has 17 heavy (non-hydrogen) atoms. The van der Waals surface area contributed by atoms with Crippen molar-refractivity contribution in [3.63, 3.8) is 0 Å². The first-order chi connectivity index (χ1) is 8.26. The van der Waals surface area contributed by atoms with E-state index in [1.54, 1.807) is 7.05 Å². The summed E-state index contributed by atoms with van der Waals surface area (Å²) in [4.78, 5) is 13.6. The van der Waals surface area contributed by atoms with E-state index in [1.807, 2.05) is 0 Å². The maximum atomic E-state index is 11.4. The molecule has 4 heteroatoms. The zero-order chi connectivity index (χ0) is 12.5. The molecule has 0 bridgehead atoms. The molecule has 1 rings (SSSR count). The van der Waals surface area contributed by atoms with E-state index in [4.69, 9.17) is 0 Å². The van der Waals surface area contributed by atoms with Crippen LogP contribution < -0.4 is 10.6 Å². The number of nitrogens with zero attached hydrogens (tertiary/aromatic N) is 1. The number of nitrogens with one attached hydrogen (secondary N) is 2. The van der Waals surface area contributed by atoms with Gasteiger partial charge in [-0.15, -0.1) is 0 Å². The van der Waals surface area contributed by atoms with Gasteiger partial charge in [0.2, 0.25) is 5.91 Å². The molecule has 4 nitrogen and oxygen atoms in total. The molecule has 0 saturated carbocycles. The van der Waals surface area contributed by atoms with Crippen molar-refractivity contribution < 1.29 is 4.79 Å². The van der Waals surface area contributed by atoms with Gasteiger partial charge in [-0.25, -0.2) is 0 Å². The number of rotatable bonds is 8. The minimum Gasteiger partial charge on any atom is -0.358 e. The van der Waals surface area contributed by atoms with Crippen molar-refractivity contribution in [3.8, 4) is 0 Å². The molecule has 1 atom stereocenters. The lowest BCUT2D eigenvalue weighted by Gasteiger charge is -2.21. The van der Waals surface area contributed by atoms with E-state index in [2.05, 4.69) is 22.5 Å². The molecule has 1 fully saturated rings. The second-order valence-corrected chi connectivity index (χ2v) is 4.88. The Bertz CT molecular complexity index is 215. The van der Waals surface area contributed by atoms with Gasteiger partial charge in [-0.1, -0.05) is 6.92 Å². The molecule has 2 N–H and O–H groups in total. The van der Waals surface area contributed by atoms with Crippen molar-refractivity contribution in [2.24, 2.45) is 0 Å². The summed E-state index contributed by atoms with van der Waals surface area (Å²) in [5, 5.41) is 6.21. The monoisotopic (exact) mass is 241 g/mol. The largest absolute Gasteiger partial charge is 0.358 e. The SMILES string of the molecule is CCCN(CCCC1CCCN1)CC(=O)NC. The number of carbonyl (C=O) groups is 1. The Labute approximate surface area is 105 Å². The third-order valence-electron chi connectivity index (χ3n) is 3.38. The molecule has 1 aliphatic rings. The Balaban J connectivity index is 2.16. The summed E-state index contributed by atoms with van der Waals surface area (Å²) in [7, 11) is 1.70. The summed E-state index contributed by atoms with van der Waals surface area (Å²) in [5.41, 5.74) is 0. The van der Waals surface area contributed by atoms with Gasteiger partial charge < -0.3 is 10.6 Å². The molecule has 0 aromatic heterocycles. The summed E-state index contributed by atoms with van der Waals surface area (Å²) in [6.07, 6.45) is 6.19.